The van der Waals surface area contributed by atoms with E-state index in [4.69, 9.17) is 4.74 Å². The molecule has 1 aromatic heterocycles. The number of carbonyl (C=O) groups excluding carboxylic acids is 1. The van der Waals surface area contributed by atoms with Crippen LogP contribution in [-0.2, 0) is 4.74 Å². The quantitative estimate of drug-likeness (QED) is 0.866. The van der Waals surface area contributed by atoms with Crippen LogP contribution in [0.1, 0.15) is 16.1 Å². The molecule has 0 unspecified atom stereocenters. The van der Waals surface area contributed by atoms with E-state index >= 15 is 0 Å². The molecule has 1 amide bonds. The summed E-state index contributed by atoms with van der Waals surface area (Å²) >= 11 is 3.28. The van der Waals surface area contributed by atoms with Crippen molar-refractivity contribution in [3.8, 4) is 0 Å². The van der Waals surface area contributed by atoms with Crippen LogP contribution in [0.15, 0.2) is 28.9 Å². The molecule has 6 nitrogen and oxygen atoms in total. The van der Waals surface area contributed by atoms with Gasteiger partial charge in [0.05, 0.1) is 23.4 Å². The Bertz CT molecular complexity index is 766. The standard InChI is InChI=1S/C16H16BrFN4O2/c1-10-2-3-12(18)13(8-10)20-15(23)14-11(17)9-19-16(21-14)22-4-6-24-7-5-22/h2-3,8-9H,4-7H2,1H3,(H,20,23). The summed E-state index contributed by atoms with van der Waals surface area (Å²) in [6, 6.07) is 4.53. The van der Waals surface area contributed by atoms with Crippen molar-refractivity contribution in [2.75, 3.05) is 36.5 Å². The highest BCUT2D eigenvalue weighted by Gasteiger charge is 2.19. The van der Waals surface area contributed by atoms with Gasteiger partial charge < -0.3 is 15.0 Å². The zero-order valence-corrected chi connectivity index (χ0v) is 14.6. The molecule has 2 heterocycles. The highest BCUT2D eigenvalue weighted by atomic mass is 79.9. The van der Waals surface area contributed by atoms with Crippen LogP contribution in [0.5, 0.6) is 0 Å². The van der Waals surface area contributed by atoms with Gasteiger partial charge in [-0.15, -0.1) is 0 Å². The number of carbonyl (C=O) groups is 1. The summed E-state index contributed by atoms with van der Waals surface area (Å²) in [6.07, 6.45) is 1.53. The molecule has 0 aliphatic carbocycles. The molecule has 1 N–H and O–H groups in total. The smallest absolute Gasteiger partial charge is 0.275 e. The lowest BCUT2D eigenvalue weighted by Crippen LogP contribution is -2.37. The van der Waals surface area contributed by atoms with Gasteiger partial charge in [-0.1, -0.05) is 6.07 Å². The highest BCUT2D eigenvalue weighted by molar-refractivity contribution is 9.10. The highest BCUT2D eigenvalue weighted by Crippen LogP contribution is 2.21. The number of amides is 1. The molecule has 2 aromatic rings. The predicted molar refractivity (Wildman–Crippen MR) is 91.9 cm³/mol. The van der Waals surface area contributed by atoms with Crippen molar-refractivity contribution in [2.24, 2.45) is 0 Å². The van der Waals surface area contributed by atoms with Gasteiger partial charge in [0.15, 0.2) is 0 Å². The minimum Gasteiger partial charge on any atom is -0.378 e. The Kier molecular flexibility index (Phi) is 5.06. The summed E-state index contributed by atoms with van der Waals surface area (Å²) in [5, 5.41) is 2.56. The largest absolute Gasteiger partial charge is 0.378 e. The van der Waals surface area contributed by atoms with Crippen LogP contribution < -0.4 is 10.2 Å². The van der Waals surface area contributed by atoms with Crippen molar-refractivity contribution in [3.63, 3.8) is 0 Å². The maximum Gasteiger partial charge on any atom is 0.275 e. The van der Waals surface area contributed by atoms with Crippen molar-refractivity contribution in [1.29, 1.82) is 0 Å². The number of aryl methyl sites for hydroxylation is 1. The Labute approximate surface area is 147 Å². The number of hydrogen-bond donors (Lipinski definition) is 1. The van der Waals surface area contributed by atoms with E-state index in [0.29, 0.717) is 36.7 Å². The molecule has 0 saturated carbocycles. The van der Waals surface area contributed by atoms with Gasteiger partial charge >= 0.3 is 0 Å². The van der Waals surface area contributed by atoms with Crippen molar-refractivity contribution in [1.82, 2.24) is 9.97 Å². The lowest BCUT2D eigenvalue weighted by atomic mass is 10.2. The third-order valence-electron chi connectivity index (χ3n) is 3.61. The van der Waals surface area contributed by atoms with Crippen molar-refractivity contribution >= 4 is 33.5 Å². The van der Waals surface area contributed by atoms with Gasteiger partial charge in [-0.3, -0.25) is 4.79 Å². The average Bonchev–Trinajstić information content (AvgIpc) is 2.59. The topological polar surface area (TPSA) is 67.4 Å². The van der Waals surface area contributed by atoms with Gasteiger partial charge in [0.1, 0.15) is 11.5 Å². The van der Waals surface area contributed by atoms with Gasteiger partial charge in [-0.05, 0) is 40.5 Å². The van der Waals surface area contributed by atoms with Crippen molar-refractivity contribution < 1.29 is 13.9 Å². The second-order valence-corrected chi connectivity index (χ2v) is 6.26. The first-order valence-corrected chi connectivity index (χ1v) is 8.26. The molecule has 0 bridgehead atoms. The van der Waals surface area contributed by atoms with Gasteiger partial charge in [0.2, 0.25) is 5.95 Å². The van der Waals surface area contributed by atoms with E-state index in [1.807, 2.05) is 11.8 Å². The number of morpholine rings is 1. The fraction of sp³-hybridized carbons (Fsp3) is 0.312. The second kappa shape index (κ2) is 7.23. The Morgan fingerprint density at radius 1 is 1.38 bits per heavy atom. The summed E-state index contributed by atoms with van der Waals surface area (Å²) in [6.45, 7) is 4.33. The van der Waals surface area contributed by atoms with Gasteiger partial charge in [-0.2, -0.15) is 0 Å². The van der Waals surface area contributed by atoms with Crippen molar-refractivity contribution in [3.05, 3.63) is 45.9 Å². The minimum absolute atomic E-state index is 0.124. The average molecular weight is 395 g/mol. The maximum absolute atomic E-state index is 13.8. The fourth-order valence-corrected chi connectivity index (χ4v) is 2.72. The van der Waals surface area contributed by atoms with Crippen molar-refractivity contribution in [2.45, 2.75) is 6.92 Å². The first kappa shape index (κ1) is 16.8. The number of hydrogen-bond acceptors (Lipinski definition) is 5. The molecular formula is C16H16BrFN4O2. The van der Waals surface area contributed by atoms with E-state index < -0.39 is 11.7 Å². The molecule has 1 saturated heterocycles. The molecule has 1 aromatic carbocycles. The van der Waals surface area contributed by atoms with E-state index in [1.165, 1.54) is 12.3 Å². The third kappa shape index (κ3) is 3.70. The second-order valence-electron chi connectivity index (χ2n) is 5.40. The summed E-state index contributed by atoms with van der Waals surface area (Å²) in [5.41, 5.74) is 1.13. The van der Waals surface area contributed by atoms with E-state index in [-0.39, 0.29) is 11.4 Å². The predicted octanol–water partition coefficient (Wildman–Crippen LogP) is 2.78. The monoisotopic (exact) mass is 394 g/mol. The molecule has 24 heavy (non-hydrogen) atoms. The first-order chi connectivity index (χ1) is 11.5. The molecule has 0 spiro atoms. The van der Waals surface area contributed by atoms with Crippen LogP contribution in [0.25, 0.3) is 0 Å². The maximum atomic E-state index is 13.8. The zero-order valence-electron chi connectivity index (χ0n) is 13.1. The number of benzene rings is 1. The molecule has 0 atom stereocenters. The van der Waals surface area contributed by atoms with Gasteiger partial charge in [0, 0.05) is 19.3 Å². The summed E-state index contributed by atoms with van der Waals surface area (Å²) in [5.74, 6) is -0.535. The number of rotatable bonds is 3. The molecule has 3 rings (SSSR count). The SMILES string of the molecule is Cc1ccc(F)c(NC(=O)c2nc(N3CCOCC3)ncc2Br)c1. The molecule has 1 fully saturated rings. The third-order valence-corrected chi connectivity index (χ3v) is 4.19. The lowest BCUT2D eigenvalue weighted by Gasteiger charge is -2.26. The van der Waals surface area contributed by atoms with Gasteiger partial charge in [0.25, 0.3) is 5.91 Å². The Balaban J connectivity index is 1.84. The summed E-state index contributed by atoms with van der Waals surface area (Å²) in [4.78, 5) is 23.0. The number of halogens is 2. The van der Waals surface area contributed by atoms with Crippen LogP contribution in [0.3, 0.4) is 0 Å². The number of nitrogens with zero attached hydrogens (tertiary/aromatic N) is 3. The zero-order chi connectivity index (χ0) is 17.1. The van der Waals surface area contributed by atoms with Crippen LogP contribution >= 0.6 is 15.9 Å². The van der Waals surface area contributed by atoms with Crippen LogP contribution in [-0.4, -0.2) is 42.2 Å². The van der Waals surface area contributed by atoms with Gasteiger partial charge in [-0.25, -0.2) is 14.4 Å². The number of nitrogens with one attached hydrogen (secondary N) is 1. The normalized spacial score (nSPS) is 14.5. The molecular weight excluding hydrogens is 379 g/mol. The summed E-state index contributed by atoms with van der Waals surface area (Å²) < 4.78 is 19.6. The Hall–Kier alpha value is -2.06. The van der Waals surface area contributed by atoms with Crippen LogP contribution in [0, 0.1) is 12.7 Å². The number of anilines is 2. The number of aromatic nitrogens is 2. The number of ether oxygens (including phenoxy) is 1. The van der Waals surface area contributed by atoms with E-state index in [1.54, 1.807) is 12.1 Å². The Morgan fingerprint density at radius 2 is 2.12 bits per heavy atom. The molecule has 1 aliphatic rings. The van der Waals surface area contributed by atoms with E-state index in [9.17, 15) is 9.18 Å². The minimum atomic E-state index is -0.497. The first-order valence-electron chi connectivity index (χ1n) is 7.47. The van der Waals surface area contributed by atoms with E-state index in [0.717, 1.165) is 5.56 Å². The molecule has 1 aliphatic heterocycles. The molecule has 8 heteroatoms. The molecule has 0 radical (unpaired) electrons. The van der Waals surface area contributed by atoms with E-state index in [2.05, 4.69) is 31.2 Å². The molecule has 126 valence electrons. The summed E-state index contributed by atoms with van der Waals surface area (Å²) in [7, 11) is 0. The lowest BCUT2D eigenvalue weighted by molar-refractivity contribution is 0.102. The van der Waals surface area contributed by atoms with Crippen LogP contribution in [0.2, 0.25) is 0 Å². The van der Waals surface area contributed by atoms with Crippen LogP contribution in [0.4, 0.5) is 16.0 Å². The Morgan fingerprint density at radius 3 is 2.88 bits per heavy atom. The fourth-order valence-electron chi connectivity index (χ4n) is 2.35.